The summed E-state index contributed by atoms with van der Waals surface area (Å²) >= 11 is 0. The lowest BCUT2D eigenvalue weighted by Crippen LogP contribution is -2.60. The van der Waals surface area contributed by atoms with Crippen molar-refractivity contribution in [2.45, 2.75) is 43.2 Å². The molecule has 2 unspecified atom stereocenters. The van der Waals surface area contributed by atoms with E-state index in [-0.39, 0.29) is 24.7 Å². The summed E-state index contributed by atoms with van der Waals surface area (Å²) in [4.78, 5) is 1.45. The Morgan fingerprint density at radius 3 is 2.48 bits per heavy atom. The van der Waals surface area contributed by atoms with Crippen LogP contribution >= 0.6 is 0 Å². The molecule has 0 saturated carbocycles. The maximum absolute atomic E-state index is 13.9. The second-order valence-corrected chi connectivity index (χ2v) is 8.12. The number of fused-ring (bicyclic) bond motifs is 1. The minimum absolute atomic E-state index is 0.100. The highest BCUT2D eigenvalue weighted by atomic mass is 32.2. The van der Waals surface area contributed by atoms with Crippen LogP contribution < -0.4 is 0 Å². The summed E-state index contributed by atoms with van der Waals surface area (Å²) in [5.74, 6) is -4.03. The van der Waals surface area contributed by atoms with Crippen LogP contribution in [0.25, 0.3) is 0 Å². The Morgan fingerprint density at radius 1 is 1.04 bits per heavy atom. The van der Waals surface area contributed by atoms with Gasteiger partial charge in [0.05, 0.1) is 0 Å². The highest BCUT2D eigenvalue weighted by Gasteiger charge is 2.40. The van der Waals surface area contributed by atoms with E-state index in [9.17, 15) is 21.6 Å². The zero-order valence-electron chi connectivity index (χ0n) is 12.8. The average Bonchev–Trinajstić information content (AvgIpc) is 2.50. The predicted octanol–water partition coefficient (Wildman–Crippen LogP) is 2.35. The van der Waals surface area contributed by atoms with E-state index in [2.05, 4.69) is 4.90 Å². The molecule has 2 heterocycles. The van der Waals surface area contributed by atoms with Gasteiger partial charge in [-0.1, -0.05) is 6.42 Å². The van der Waals surface area contributed by atoms with E-state index >= 15 is 0 Å². The van der Waals surface area contributed by atoms with Crippen LogP contribution in [0.1, 0.15) is 26.2 Å². The van der Waals surface area contributed by atoms with Crippen molar-refractivity contribution in [3.63, 3.8) is 0 Å². The van der Waals surface area contributed by atoms with Gasteiger partial charge >= 0.3 is 0 Å². The van der Waals surface area contributed by atoms with Crippen molar-refractivity contribution in [1.82, 2.24) is 9.21 Å². The third-order valence-electron chi connectivity index (χ3n) is 4.69. The third kappa shape index (κ3) is 2.99. The highest BCUT2D eigenvalue weighted by Crippen LogP contribution is 2.30. The summed E-state index contributed by atoms with van der Waals surface area (Å²) in [5, 5.41) is 0. The maximum atomic E-state index is 13.9. The first kappa shape index (κ1) is 16.7. The Kier molecular flexibility index (Phi) is 4.41. The van der Waals surface area contributed by atoms with Gasteiger partial charge in [0.25, 0.3) is 0 Å². The normalized spacial score (nSPS) is 27.0. The molecule has 2 atom stereocenters. The second kappa shape index (κ2) is 6.07. The van der Waals surface area contributed by atoms with Crippen LogP contribution in [-0.4, -0.2) is 49.3 Å². The van der Waals surface area contributed by atoms with Gasteiger partial charge in [-0.15, -0.1) is 0 Å². The molecule has 2 fully saturated rings. The molecule has 2 saturated heterocycles. The number of nitrogens with zero attached hydrogens (tertiary/aromatic N) is 2. The monoisotopic (exact) mass is 348 g/mol. The zero-order chi connectivity index (χ0) is 16.8. The minimum atomic E-state index is -4.21. The molecule has 0 bridgehead atoms. The first-order valence-electron chi connectivity index (χ1n) is 7.71. The number of hydrogen-bond donors (Lipinski definition) is 0. The average molecular weight is 348 g/mol. The summed E-state index contributed by atoms with van der Waals surface area (Å²) in [6.07, 6.45) is 3.01. The second-order valence-electron chi connectivity index (χ2n) is 6.27. The molecule has 3 rings (SSSR count). The van der Waals surface area contributed by atoms with Crippen molar-refractivity contribution in [3.05, 3.63) is 29.6 Å². The van der Waals surface area contributed by atoms with Crippen LogP contribution in [0.15, 0.2) is 17.0 Å². The number of benzene rings is 1. The van der Waals surface area contributed by atoms with Gasteiger partial charge in [-0.25, -0.2) is 21.6 Å². The van der Waals surface area contributed by atoms with Crippen molar-refractivity contribution >= 4 is 10.0 Å². The summed E-state index contributed by atoms with van der Waals surface area (Å²) in [5.41, 5.74) is 0. The number of rotatable bonds is 2. The summed E-state index contributed by atoms with van der Waals surface area (Å²) < 4.78 is 67.1. The molecule has 4 nitrogen and oxygen atoms in total. The Hall–Kier alpha value is -1.12. The SMILES string of the molecule is CC1CN2CCCCC2CN1S(=O)(=O)c1cc(F)c(F)cc1F. The molecular weight excluding hydrogens is 329 g/mol. The Balaban J connectivity index is 1.94. The van der Waals surface area contributed by atoms with E-state index < -0.39 is 32.4 Å². The molecule has 2 aliphatic rings. The fraction of sp³-hybridized carbons (Fsp3) is 0.600. The van der Waals surface area contributed by atoms with Crippen LogP contribution in [0.4, 0.5) is 13.2 Å². The molecule has 0 aromatic heterocycles. The van der Waals surface area contributed by atoms with Crippen molar-refractivity contribution < 1.29 is 21.6 Å². The van der Waals surface area contributed by atoms with Crippen LogP contribution in [0.3, 0.4) is 0 Å². The molecule has 128 valence electrons. The van der Waals surface area contributed by atoms with Gasteiger partial charge in [0.1, 0.15) is 10.7 Å². The molecule has 1 aromatic carbocycles. The van der Waals surface area contributed by atoms with Crippen LogP contribution in [0.2, 0.25) is 0 Å². The first-order valence-corrected chi connectivity index (χ1v) is 9.15. The Morgan fingerprint density at radius 2 is 1.74 bits per heavy atom. The minimum Gasteiger partial charge on any atom is -0.297 e. The Labute approximate surface area is 133 Å². The van der Waals surface area contributed by atoms with Gasteiger partial charge in [0, 0.05) is 31.2 Å². The van der Waals surface area contributed by atoms with E-state index in [1.165, 1.54) is 4.31 Å². The molecule has 2 aliphatic heterocycles. The smallest absolute Gasteiger partial charge is 0.246 e. The highest BCUT2D eigenvalue weighted by molar-refractivity contribution is 7.89. The maximum Gasteiger partial charge on any atom is 0.246 e. The van der Waals surface area contributed by atoms with Crippen molar-refractivity contribution in [1.29, 1.82) is 0 Å². The molecule has 0 amide bonds. The number of sulfonamides is 1. The molecule has 0 N–H and O–H groups in total. The fourth-order valence-corrected chi connectivity index (χ4v) is 5.21. The summed E-state index contributed by atoms with van der Waals surface area (Å²) in [6, 6.07) is 0.467. The lowest BCUT2D eigenvalue weighted by Gasteiger charge is -2.46. The largest absolute Gasteiger partial charge is 0.297 e. The van der Waals surface area contributed by atoms with Gasteiger partial charge in [0.2, 0.25) is 10.0 Å². The first-order chi connectivity index (χ1) is 10.8. The van der Waals surface area contributed by atoms with Gasteiger partial charge < -0.3 is 0 Å². The molecule has 23 heavy (non-hydrogen) atoms. The Bertz CT molecular complexity index is 711. The lowest BCUT2D eigenvalue weighted by atomic mass is 9.99. The molecule has 0 radical (unpaired) electrons. The van der Waals surface area contributed by atoms with E-state index in [0.717, 1.165) is 25.8 Å². The zero-order valence-corrected chi connectivity index (χ0v) is 13.6. The van der Waals surface area contributed by atoms with E-state index in [4.69, 9.17) is 0 Å². The van der Waals surface area contributed by atoms with Crippen molar-refractivity contribution in [2.75, 3.05) is 19.6 Å². The molecule has 0 spiro atoms. The van der Waals surface area contributed by atoms with E-state index in [0.29, 0.717) is 12.6 Å². The van der Waals surface area contributed by atoms with Crippen molar-refractivity contribution in [2.24, 2.45) is 0 Å². The van der Waals surface area contributed by atoms with Gasteiger partial charge in [-0.05, 0) is 32.4 Å². The molecule has 8 heteroatoms. The number of piperidine rings is 1. The van der Waals surface area contributed by atoms with E-state index in [1.807, 2.05) is 0 Å². The van der Waals surface area contributed by atoms with Gasteiger partial charge in [-0.3, -0.25) is 4.90 Å². The summed E-state index contributed by atoms with van der Waals surface area (Å²) in [6.45, 7) is 3.50. The standard InChI is InChI=1S/C15H19F3N2O2S/c1-10-8-19-5-3-2-4-11(19)9-20(10)23(21,22)15-7-13(17)12(16)6-14(15)18/h6-7,10-11H,2-5,8-9H2,1H3. The van der Waals surface area contributed by atoms with Gasteiger partial charge in [0.15, 0.2) is 11.6 Å². The molecule has 0 aliphatic carbocycles. The van der Waals surface area contributed by atoms with Gasteiger partial charge in [-0.2, -0.15) is 4.31 Å². The molecule has 1 aromatic rings. The van der Waals surface area contributed by atoms with E-state index in [1.54, 1.807) is 6.92 Å². The van der Waals surface area contributed by atoms with Crippen molar-refractivity contribution in [3.8, 4) is 0 Å². The summed E-state index contributed by atoms with van der Waals surface area (Å²) in [7, 11) is -4.21. The fourth-order valence-electron chi connectivity index (χ4n) is 3.49. The number of hydrogen-bond acceptors (Lipinski definition) is 3. The molecular formula is C15H19F3N2O2S. The lowest BCUT2D eigenvalue weighted by molar-refractivity contribution is 0.0563. The number of halogens is 3. The van der Waals surface area contributed by atoms with Crippen LogP contribution in [-0.2, 0) is 10.0 Å². The van der Waals surface area contributed by atoms with Crippen LogP contribution in [0.5, 0.6) is 0 Å². The quantitative estimate of drug-likeness (QED) is 0.771. The third-order valence-corrected chi connectivity index (χ3v) is 6.69. The van der Waals surface area contributed by atoms with Crippen LogP contribution in [0, 0.1) is 17.5 Å². The topological polar surface area (TPSA) is 40.6 Å². The predicted molar refractivity (Wildman–Crippen MR) is 78.9 cm³/mol. The number of piperazine rings is 1.